The van der Waals surface area contributed by atoms with Crippen LogP contribution in [-0.4, -0.2) is 66.4 Å². The highest BCUT2D eigenvalue weighted by atomic mass is 19.2. The molecule has 2 N–H and O–H groups in total. The van der Waals surface area contributed by atoms with Crippen molar-refractivity contribution in [1.82, 2.24) is 20.4 Å². The molecule has 0 spiro atoms. The van der Waals surface area contributed by atoms with E-state index in [0.717, 1.165) is 25.0 Å². The third-order valence-electron chi connectivity index (χ3n) is 4.36. The van der Waals surface area contributed by atoms with Crippen molar-refractivity contribution in [1.29, 1.82) is 0 Å². The number of urea groups is 1. The quantitative estimate of drug-likeness (QED) is 0.822. The minimum absolute atomic E-state index is 0.0608. The largest absolute Gasteiger partial charge is 0.336 e. The third-order valence-corrected chi connectivity index (χ3v) is 4.36. The van der Waals surface area contributed by atoms with Gasteiger partial charge in [0.1, 0.15) is 0 Å². The monoisotopic (exact) mass is 366 g/mol. The maximum Gasteiger partial charge on any atom is 0.321 e. The Hall–Kier alpha value is -2.55. The predicted molar refractivity (Wildman–Crippen MR) is 88.4 cm³/mol. The van der Waals surface area contributed by atoms with Crippen molar-refractivity contribution >= 4 is 17.8 Å². The van der Waals surface area contributed by atoms with Crippen molar-refractivity contribution in [2.24, 2.45) is 0 Å². The SMILES string of the molecule is O=C(CN1CCN(C(=O)c2ccc(F)c(F)c2)CC1)NC(=O)NC1CC1. The molecular formula is C17H20F2N4O3. The van der Waals surface area contributed by atoms with Gasteiger partial charge in [-0.25, -0.2) is 13.6 Å². The van der Waals surface area contributed by atoms with E-state index in [1.54, 1.807) is 0 Å². The molecule has 0 atom stereocenters. The number of carbonyl (C=O) groups excluding carboxylic acids is 3. The zero-order chi connectivity index (χ0) is 18.7. The number of carbonyl (C=O) groups is 3. The molecule has 0 radical (unpaired) electrons. The summed E-state index contributed by atoms with van der Waals surface area (Å²) >= 11 is 0. The van der Waals surface area contributed by atoms with Gasteiger partial charge in [-0.15, -0.1) is 0 Å². The standard InChI is InChI=1S/C17H20F2N4O3/c18-13-4-1-11(9-14(13)19)16(25)23-7-5-22(6-8-23)10-15(24)21-17(26)20-12-2-3-12/h1,4,9,12H,2-3,5-8,10H2,(H2,20,21,24,26). The van der Waals surface area contributed by atoms with Crippen molar-refractivity contribution in [3.63, 3.8) is 0 Å². The molecule has 1 heterocycles. The second-order valence-corrected chi connectivity index (χ2v) is 6.49. The van der Waals surface area contributed by atoms with E-state index >= 15 is 0 Å². The molecule has 0 unspecified atom stereocenters. The lowest BCUT2D eigenvalue weighted by atomic mass is 10.1. The number of hydrogen-bond donors (Lipinski definition) is 2. The Morgan fingerprint density at radius 1 is 1.04 bits per heavy atom. The summed E-state index contributed by atoms with van der Waals surface area (Å²) in [5.41, 5.74) is 0.0897. The van der Waals surface area contributed by atoms with Crippen LogP contribution in [-0.2, 0) is 4.79 Å². The van der Waals surface area contributed by atoms with Crippen LogP contribution in [0.4, 0.5) is 13.6 Å². The zero-order valence-electron chi connectivity index (χ0n) is 14.1. The van der Waals surface area contributed by atoms with E-state index in [2.05, 4.69) is 10.6 Å². The second-order valence-electron chi connectivity index (χ2n) is 6.49. The van der Waals surface area contributed by atoms with E-state index in [4.69, 9.17) is 0 Å². The third kappa shape index (κ3) is 4.75. The summed E-state index contributed by atoms with van der Waals surface area (Å²) in [5, 5.41) is 4.95. The highest BCUT2D eigenvalue weighted by Gasteiger charge is 2.26. The maximum atomic E-state index is 13.3. The number of piperazine rings is 1. The first-order valence-electron chi connectivity index (χ1n) is 8.49. The van der Waals surface area contributed by atoms with Crippen LogP contribution in [0.25, 0.3) is 0 Å². The van der Waals surface area contributed by atoms with Gasteiger partial charge in [-0.05, 0) is 31.0 Å². The van der Waals surface area contributed by atoms with E-state index in [1.165, 1.54) is 11.0 Å². The van der Waals surface area contributed by atoms with Crippen LogP contribution in [0.15, 0.2) is 18.2 Å². The summed E-state index contributed by atoms with van der Waals surface area (Å²) in [7, 11) is 0. The first kappa shape index (κ1) is 18.2. The lowest BCUT2D eigenvalue weighted by Crippen LogP contribution is -2.52. The van der Waals surface area contributed by atoms with Crippen LogP contribution in [0.1, 0.15) is 23.2 Å². The maximum absolute atomic E-state index is 13.3. The molecule has 7 nitrogen and oxygen atoms in total. The molecule has 1 aromatic rings. The Balaban J connectivity index is 1.44. The number of halogens is 2. The summed E-state index contributed by atoms with van der Waals surface area (Å²) in [4.78, 5) is 39.1. The average Bonchev–Trinajstić information content (AvgIpc) is 3.41. The first-order valence-corrected chi connectivity index (χ1v) is 8.49. The van der Waals surface area contributed by atoms with Crippen molar-refractivity contribution in [2.45, 2.75) is 18.9 Å². The Morgan fingerprint density at radius 3 is 2.35 bits per heavy atom. The number of imide groups is 1. The van der Waals surface area contributed by atoms with Gasteiger partial charge in [-0.1, -0.05) is 0 Å². The van der Waals surface area contributed by atoms with E-state index in [1.807, 2.05) is 4.90 Å². The second kappa shape index (κ2) is 7.77. The van der Waals surface area contributed by atoms with Gasteiger partial charge in [0, 0.05) is 37.8 Å². The minimum Gasteiger partial charge on any atom is -0.336 e. The Bertz CT molecular complexity index is 716. The minimum atomic E-state index is -1.06. The normalized spacial score (nSPS) is 17.7. The van der Waals surface area contributed by atoms with Gasteiger partial charge in [0.2, 0.25) is 5.91 Å². The van der Waals surface area contributed by atoms with Crippen LogP contribution in [0.3, 0.4) is 0 Å². The molecule has 0 bridgehead atoms. The van der Waals surface area contributed by atoms with Crippen molar-refractivity contribution in [2.75, 3.05) is 32.7 Å². The molecular weight excluding hydrogens is 346 g/mol. The lowest BCUT2D eigenvalue weighted by Gasteiger charge is -2.34. The summed E-state index contributed by atoms with van der Waals surface area (Å²) < 4.78 is 26.2. The van der Waals surface area contributed by atoms with E-state index in [0.29, 0.717) is 26.2 Å². The molecule has 26 heavy (non-hydrogen) atoms. The van der Waals surface area contributed by atoms with Crippen LogP contribution >= 0.6 is 0 Å². The molecule has 4 amide bonds. The fourth-order valence-corrected chi connectivity index (χ4v) is 2.74. The van der Waals surface area contributed by atoms with Gasteiger partial charge in [0.05, 0.1) is 6.54 Å². The Kier molecular flexibility index (Phi) is 5.46. The smallest absolute Gasteiger partial charge is 0.321 e. The van der Waals surface area contributed by atoms with E-state index in [-0.39, 0.29) is 24.1 Å². The predicted octanol–water partition coefficient (Wildman–Crippen LogP) is 0.711. The van der Waals surface area contributed by atoms with Gasteiger partial charge in [0.15, 0.2) is 11.6 Å². The number of amides is 4. The number of hydrogen-bond acceptors (Lipinski definition) is 4. The molecule has 1 aromatic carbocycles. The van der Waals surface area contributed by atoms with Crippen LogP contribution in [0, 0.1) is 11.6 Å². The summed E-state index contributed by atoms with van der Waals surface area (Å²) in [5.74, 6) is -2.83. The van der Waals surface area contributed by atoms with Crippen LogP contribution in [0.2, 0.25) is 0 Å². The number of benzene rings is 1. The van der Waals surface area contributed by atoms with Crippen molar-refractivity contribution in [3.8, 4) is 0 Å². The van der Waals surface area contributed by atoms with Gasteiger partial charge in [0.25, 0.3) is 5.91 Å². The fraction of sp³-hybridized carbons (Fsp3) is 0.471. The molecule has 2 fully saturated rings. The highest BCUT2D eigenvalue weighted by molar-refractivity contribution is 5.95. The fourth-order valence-electron chi connectivity index (χ4n) is 2.74. The topological polar surface area (TPSA) is 81.8 Å². The summed E-state index contributed by atoms with van der Waals surface area (Å²) in [6, 6.07) is 2.75. The van der Waals surface area contributed by atoms with Gasteiger partial charge in [-0.3, -0.25) is 19.8 Å². The van der Waals surface area contributed by atoms with Crippen LogP contribution < -0.4 is 10.6 Å². The molecule has 1 aliphatic carbocycles. The van der Waals surface area contributed by atoms with Gasteiger partial charge < -0.3 is 10.2 Å². The average molecular weight is 366 g/mol. The molecule has 3 rings (SSSR count). The first-order chi connectivity index (χ1) is 12.4. The molecule has 140 valence electrons. The lowest BCUT2D eigenvalue weighted by molar-refractivity contribution is -0.121. The molecule has 9 heteroatoms. The Morgan fingerprint density at radius 2 is 1.73 bits per heavy atom. The van der Waals surface area contributed by atoms with Crippen LogP contribution in [0.5, 0.6) is 0 Å². The van der Waals surface area contributed by atoms with Crippen molar-refractivity contribution < 1.29 is 23.2 Å². The van der Waals surface area contributed by atoms with Gasteiger partial charge in [-0.2, -0.15) is 0 Å². The molecule has 1 aliphatic heterocycles. The molecule has 1 saturated heterocycles. The molecule has 1 saturated carbocycles. The summed E-state index contributed by atoms with van der Waals surface area (Å²) in [6.07, 6.45) is 1.88. The van der Waals surface area contributed by atoms with Crippen molar-refractivity contribution in [3.05, 3.63) is 35.4 Å². The number of nitrogens with zero attached hydrogens (tertiary/aromatic N) is 2. The molecule has 2 aliphatic rings. The van der Waals surface area contributed by atoms with E-state index < -0.39 is 23.6 Å². The number of rotatable bonds is 4. The van der Waals surface area contributed by atoms with E-state index in [9.17, 15) is 23.2 Å². The highest BCUT2D eigenvalue weighted by Crippen LogP contribution is 2.18. The molecule has 0 aromatic heterocycles. The Labute approximate surface area is 149 Å². The number of nitrogens with one attached hydrogen (secondary N) is 2. The van der Waals surface area contributed by atoms with Gasteiger partial charge >= 0.3 is 6.03 Å². The zero-order valence-corrected chi connectivity index (χ0v) is 14.1. The summed E-state index contributed by atoms with van der Waals surface area (Å²) in [6.45, 7) is 1.68.